The van der Waals surface area contributed by atoms with Crippen LogP contribution in [0.25, 0.3) is 11.4 Å². The van der Waals surface area contributed by atoms with E-state index in [0.717, 1.165) is 5.56 Å². The molecule has 1 aromatic heterocycles. The number of aromatic nitrogens is 3. The van der Waals surface area contributed by atoms with Crippen LogP contribution in [-0.4, -0.2) is 48.8 Å². The van der Waals surface area contributed by atoms with Gasteiger partial charge in [0.2, 0.25) is 24.4 Å². The Morgan fingerprint density at radius 2 is 1.79 bits per heavy atom. The van der Waals surface area contributed by atoms with Crippen LogP contribution >= 0.6 is 0 Å². The van der Waals surface area contributed by atoms with E-state index in [4.69, 9.17) is 34.5 Å². The minimum Gasteiger partial charge on any atom is -0.493 e. The molecule has 0 saturated carbocycles. The van der Waals surface area contributed by atoms with Gasteiger partial charge in [0.25, 0.3) is 0 Å². The van der Waals surface area contributed by atoms with E-state index in [1.165, 1.54) is 21.3 Å². The summed E-state index contributed by atoms with van der Waals surface area (Å²) in [6.07, 6.45) is 0. The first-order valence-corrected chi connectivity index (χ1v) is 10.4. The fourth-order valence-electron chi connectivity index (χ4n) is 4.19. The molecular formula is C23H23N5O6. The fourth-order valence-corrected chi connectivity index (χ4v) is 4.19. The van der Waals surface area contributed by atoms with Crippen molar-refractivity contribution in [2.45, 2.75) is 13.0 Å². The van der Waals surface area contributed by atoms with Gasteiger partial charge in [-0.15, -0.1) is 5.10 Å². The molecule has 0 radical (unpaired) electrons. The number of hydrogen-bond donors (Lipinski definition) is 2. The summed E-state index contributed by atoms with van der Waals surface area (Å²) in [6, 6.07) is 8.36. The molecule has 3 N–H and O–H groups in total. The number of allylic oxidation sites excluding steroid dienone is 1. The van der Waals surface area contributed by atoms with E-state index < -0.39 is 11.9 Å². The molecule has 0 spiro atoms. The predicted octanol–water partition coefficient (Wildman–Crippen LogP) is 2.47. The summed E-state index contributed by atoms with van der Waals surface area (Å²) in [6.45, 7) is 1.92. The average molecular weight is 465 g/mol. The number of carbonyl (C=O) groups is 1. The molecule has 5 rings (SSSR count). The summed E-state index contributed by atoms with van der Waals surface area (Å²) in [5.41, 5.74) is 8.13. The number of nitrogens with one attached hydrogen (secondary N) is 1. The summed E-state index contributed by atoms with van der Waals surface area (Å²) in [4.78, 5) is 17.1. The SMILES string of the molecule is COc1cc(-c2nc3n(n2)[C@@H](c2ccc4c(c2)OCO4)C(C(N)=O)=C(C)N3)cc(OC)c1OC. The molecule has 0 unspecified atom stereocenters. The van der Waals surface area contributed by atoms with Crippen LogP contribution in [-0.2, 0) is 4.79 Å². The maximum Gasteiger partial charge on any atom is 0.248 e. The van der Waals surface area contributed by atoms with Crippen LogP contribution in [0.1, 0.15) is 18.5 Å². The number of methoxy groups -OCH3 is 3. The highest BCUT2D eigenvalue weighted by molar-refractivity contribution is 5.95. The first-order chi connectivity index (χ1) is 16.4. The molecule has 0 bridgehead atoms. The molecule has 0 saturated heterocycles. The van der Waals surface area contributed by atoms with Crippen LogP contribution in [0.3, 0.4) is 0 Å². The van der Waals surface area contributed by atoms with E-state index in [1.54, 1.807) is 29.8 Å². The van der Waals surface area contributed by atoms with Gasteiger partial charge in [-0.3, -0.25) is 4.79 Å². The largest absolute Gasteiger partial charge is 0.493 e. The zero-order valence-corrected chi connectivity index (χ0v) is 19.0. The maximum atomic E-state index is 12.5. The number of fused-ring (bicyclic) bond motifs is 2. The fraction of sp³-hybridized carbons (Fsp3) is 0.261. The molecule has 3 heterocycles. The lowest BCUT2D eigenvalue weighted by Crippen LogP contribution is -2.31. The maximum absolute atomic E-state index is 12.5. The van der Waals surface area contributed by atoms with Gasteiger partial charge in [0, 0.05) is 11.3 Å². The van der Waals surface area contributed by atoms with Crippen LogP contribution < -0.4 is 34.7 Å². The molecule has 1 atom stereocenters. The summed E-state index contributed by atoms with van der Waals surface area (Å²) >= 11 is 0. The van der Waals surface area contributed by atoms with Crippen molar-refractivity contribution in [3.63, 3.8) is 0 Å². The van der Waals surface area contributed by atoms with Gasteiger partial charge in [-0.2, -0.15) is 4.98 Å². The van der Waals surface area contributed by atoms with E-state index in [2.05, 4.69) is 10.3 Å². The third kappa shape index (κ3) is 3.33. The number of ether oxygens (including phenoxy) is 5. The molecule has 2 aromatic carbocycles. The Kier molecular flexibility index (Phi) is 5.16. The third-order valence-corrected chi connectivity index (χ3v) is 5.75. The summed E-state index contributed by atoms with van der Waals surface area (Å²) < 4.78 is 28.9. The second-order valence-electron chi connectivity index (χ2n) is 7.66. The normalized spacial score (nSPS) is 16.1. The van der Waals surface area contributed by atoms with Crippen LogP contribution in [0.5, 0.6) is 28.7 Å². The minimum atomic E-state index is -0.619. The number of anilines is 1. The minimum absolute atomic E-state index is 0.141. The van der Waals surface area contributed by atoms with Crippen molar-refractivity contribution in [1.82, 2.24) is 14.8 Å². The Labute approximate surface area is 195 Å². The molecule has 3 aromatic rings. The molecule has 2 aliphatic heterocycles. The molecule has 34 heavy (non-hydrogen) atoms. The van der Waals surface area contributed by atoms with Gasteiger partial charge in [0.1, 0.15) is 6.04 Å². The lowest BCUT2D eigenvalue weighted by molar-refractivity contribution is -0.115. The lowest BCUT2D eigenvalue weighted by Gasteiger charge is -2.27. The Balaban J connectivity index is 1.65. The van der Waals surface area contributed by atoms with Crippen molar-refractivity contribution in [3.05, 3.63) is 47.2 Å². The second kappa shape index (κ2) is 8.18. The number of nitrogens with two attached hydrogens (primary N) is 1. The number of hydrogen-bond acceptors (Lipinski definition) is 9. The van der Waals surface area contributed by atoms with Gasteiger partial charge in [0.05, 0.1) is 26.9 Å². The summed E-state index contributed by atoms with van der Waals surface area (Å²) in [5, 5.41) is 7.86. The van der Waals surface area contributed by atoms with E-state index in [0.29, 0.717) is 57.4 Å². The van der Waals surface area contributed by atoms with Crippen molar-refractivity contribution in [3.8, 4) is 40.1 Å². The Bertz CT molecular complexity index is 1310. The standard InChI is InChI=1S/C23H23N5O6/c1-11-18(21(24)29)19(12-5-6-14-15(7-12)34-10-33-14)28-23(25-11)26-22(27-28)13-8-16(30-2)20(32-4)17(9-13)31-3/h5-9,19H,10H2,1-4H3,(H2,24,29)(H,25,26,27)/t19-/m0/s1. The molecule has 0 fully saturated rings. The highest BCUT2D eigenvalue weighted by Gasteiger charge is 2.34. The van der Waals surface area contributed by atoms with E-state index >= 15 is 0 Å². The van der Waals surface area contributed by atoms with E-state index in [1.807, 2.05) is 12.1 Å². The topological polar surface area (TPSA) is 132 Å². The Hall–Kier alpha value is -4.41. The number of nitrogens with zero attached hydrogens (tertiary/aromatic N) is 3. The number of rotatable bonds is 6. The van der Waals surface area contributed by atoms with E-state index in [-0.39, 0.29) is 6.79 Å². The third-order valence-electron chi connectivity index (χ3n) is 5.75. The molecule has 11 nitrogen and oxygen atoms in total. The van der Waals surface area contributed by atoms with Gasteiger partial charge >= 0.3 is 0 Å². The molecule has 0 aliphatic carbocycles. The highest BCUT2D eigenvalue weighted by Crippen LogP contribution is 2.43. The molecule has 11 heteroatoms. The predicted molar refractivity (Wildman–Crippen MR) is 121 cm³/mol. The highest BCUT2D eigenvalue weighted by atomic mass is 16.7. The molecule has 1 amide bonds. The van der Waals surface area contributed by atoms with Gasteiger partial charge in [-0.25, -0.2) is 4.68 Å². The molecule has 2 aliphatic rings. The van der Waals surface area contributed by atoms with Crippen LogP contribution in [0.4, 0.5) is 5.95 Å². The summed E-state index contributed by atoms with van der Waals surface area (Å²) in [7, 11) is 4.61. The first kappa shape index (κ1) is 21.4. The smallest absolute Gasteiger partial charge is 0.248 e. The van der Waals surface area contributed by atoms with Gasteiger partial charge in [0.15, 0.2) is 28.8 Å². The quantitative estimate of drug-likeness (QED) is 0.563. The first-order valence-electron chi connectivity index (χ1n) is 10.4. The second-order valence-corrected chi connectivity index (χ2v) is 7.66. The number of primary amides is 1. The van der Waals surface area contributed by atoms with Crippen molar-refractivity contribution < 1.29 is 28.5 Å². The van der Waals surface area contributed by atoms with Gasteiger partial charge in [-0.05, 0) is 36.8 Å². The van der Waals surface area contributed by atoms with Crippen molar-refractivity contribution >= 4 is 11.9 Å². The van der Waals surface area contributed by atoms with Crippen molar-refractivity contribution in [1.29, 1.82) is 0 Å². The number of amides is 1. The lowest BCUT2D eigenvalue weighted by atomic mass is 9.95. The zero-order valence-electron chi connectivity index (χ0n) is 19.0. The van der Waals surface area contributed by atoms with Crippen LogP contribution in [0.2, 0.25) is 0 Å². The summed E-state index contributed by atoms with van der Waals surface area (Å²) in [5.74, 6) is 2.90. The van der Waals surface area contributed by atoms with Crippen LogP contribution in [0, 0.1) is 0 Å². The van der Waals surface area contributed by atoms with Crippen LogP contribution in [0.15, 0.2) is 41.6 Å². The molecule has 176 valence electrons. The van der Waals surface area contributed by atoms with Gasteiger partial charge in [-0.1, -0.05) is 6.07 Å². The number of benzene rings is 2. The zero-order chi connectivity index (χ0) is 24.0. The monoisotopic (exact) mass is 465 g/mol. The Morgan fingerprint density at radius 3 is 2.44 bits per heavy atom. The van der Waals surface area contributed by atoms with Crippen molar-refractivity contribution in [2.75, 3.05) is 33.4 Å². The van der Waals surface area contributed by atoms with Gasteiger partial charge < -0.3 is 34.7 Å². The molecular weight excluding hydrogens is 442 g/mol. The van der Waals surface area contributed by atoms with Crippen molar-refractivity contribution in [2.24, 2.45) is 5.73 Å². The van der Waals surface area contributed by atoms with E-state index in [9.17, 15) is 4.79 Å². The average Bonchev–Trinajstić information content (AvgIpc) is 3.48. The Morgan fingerprint density at radius 1 is 1.09 bits per heavy atom. The number of carbonyl (C=O) groups excluding carboxylic acids is 1.